The first-order chi connectivity index (χ1) is 14.5. The second-order valence-electron chi connectivity index (χ2n) is 6.92. The highest BCUT2D eigenvalue weighted by atomic mass is 32.2. The van der Waals surface area contributed by atoms with Gasteiger partial charge in [0.15, 0.2) is 6.10 Å². The molecule has 4 rings (SSSR count). The Hall–Kier alpha value is -3.20. The minimum Gasteiger partial charge on any atom is -0.481 e. The molecule has 9 heteroatoms. The van der Waals surface area contributed by atoms with Crippen molar-refractivity contribution in [3.63, 3.8) is 0 Å². The molecule has 0 bridgehead atoms. The van der Waals surface area contributed by atoms with Gasteiger partial charge in [0.1, 0.15) is 5.82 Å². The van der Waals surface area contributed by atoms with E-state index < -0.39 is 24.4 Å². The van der Waals surface area contributed by atoms with Crippen molar-refractivity contribution < 1.29 is 23.8 Å². The summed E-state index contributed by atoms with van der Waals surface area (Å²) in [7, 11) is 0. The standard InChI is InChI=1S/C21H18FN3O4S/c22-14-6-7-17-15(9-14)19(13(11-30-17)8-12-4-2-1-3-5-12)24-25-21-23-20(28)16(29-21)10-18(26)27/h1-7,9,13,16H,8,10-11H2,(H,26,27)(H,23,25,28)/b24-19-. The second-order valence-corrected chi connectivity index (χ2v) is 7.98. The minimum absolute atomic E-state index is 0.0250. The molecule has 0 spiro atoms. The van der Waals surface area contributed by atoms with Gasteiger partial charge >= 0.3 is 12.0 Å². The highest BCUT2D eigenvalue weighted by Crippen LogP contribution is 2.35. The van der Waals surface area contributed by atoms with Crippen molar-refractivity contribution in [2.24, 2.45) is 16.1 Å². The smallest absolute Gasteiger partial charge is 0.316 e. The number of rotatable bonds is 5. The monoisotopic (exact) mass is 427 g/mol. The van der Waals surface area contributed by atoms with E-state index in [1.54, 1.807) is 17.8 Å². The van der Waals surface area contributed by atoms with Crippen LogP contribution in [0.3, 0.4) is 0 Å². The number of hydrogen-bond acceptors (Lipinski definition) is 6. The summed E-state index contributed by atoms with van der Waals surface area (Å²) in [5, 5.41) is 19.6. The van der Waals surface area contributed by atoms with E-state index in [0.717, 1.165) is 16.2 Å². The van der Waals surface area contributed by atoms with Gasteiger partial charge in [-0.25, -0.2) is 4.39 Å². The quantitative estimate of drug-likeness (QED) is 0.715. The second kappa shape index (κ2) is 8.66. The Morgan fingerprint density at radius 2 is 2.03 bits per heavy atom. The maximum atomic E-state index is 13.9. The molecule has 0 aromatic heterocycles. The van der Waals surface area contributed by atoms with Crippen LogP contribution in [0.1, 0.15) is 17.5 Å². The molecule has 2 atom stereocenters. The van der Waals surface area contributed by atoms with Crippen LogP contribution in [0.5, 0.6) is 0 Å². The first-order valence-corrected chi connectivity index (χ1v) is 10.3. The Kier molecular flexibility index (Phi) is 5.80. The maximum absolute atomic E-state index is 13.9. The maximum Gasteiger partial charge on any atom is 0.316 e. The number of fused-ring (bicyclic) bond motifs is 1. The number of carboxylic acid groups (broad SMARTS) is 1. The van der Waals surface area contributed by atoms with E-state index in [0.29, 0.717) is 17.7 Å². The molecule has 0 aliphatic carbocycles. The third kappa shape index (κ3) is 4.51. The number of halogens is 1. The first kappa shape index (κ1) is 20.1. The molecule has 2 aromatic rings. The van der Waals surface area contributed by atoms with Crippen LogP contribution in [0, 0.1) is 11.7 Å². The molecule has 2 aromatic carbocycles. The Bertz CT molecular complexity index is 1040. The van der Waals surface area contributed by atoms with Crippen molar-refractivity contribution in [2.75, 3.05) is 5.75 Å². The normalized spacial score (nSPS) is 23.2. The molecule has 2 unspecified atom stereocenters. The number of amides is 1. The van der Waals surface area contributed by atoms with Crippen LogP contribution in [0.15, 0.2) is 63.6 Å². The fourth-order valence-electron chi connectivity index (χ4n) is 3.35. The van der Waals surface area contributed by atoms with E-state index >= 15 is 0 Å². The van der Waals surface area contributed by atoms with Gasteiger partial charge in [0, 0.05) is 22.1 Å². The van der Waals surface area contributed by atoms with Crippen LogP contribution < -0.4 is 5.32 Å². The molecule has 2 aliphatic rings. The zero-order chi connectivity index (χ0) is 21.1. The molecule has 1 fully saturated rings. The number of ether oxygens (including phenoxy) is 1. The summed E-state index contributed by atoms with van der Waals surface area (Å²) >= 11 is 1.63. The van der Waals surface area contributed by atoms with Crippen LogP contribution >= 0.6 is 11.8 Å². The van der Waals surface area contributed by atoms with Crippen LogP contribution in [0.4, 0.5) is 4.39 Å². The summed E-state index contributed by atoms with van der Waals surface area (Å²) in [6.45, 7) is 0. The number of carboxylic acids is 1. The molecule has 2 aliphatic heterocycles. The molecule has 0 saturated carbocycles. The van der Waals surface area contributed by atoms with E-state index in [1.165, 1.54) is 12.1 Å². The minimum atomic E-state index is -1.15. The first-order valence-electron chi connectivity index (χ1n) is 9.31. The Labute approximate surface area is 176 Å². The number of aliphatic carboxylic acids is 1. The van der Waals surface area contributed by atoms with Crippen molar-refractivity contribution in [3.05, 3.63) is 65.5 Å². The number of hydrogen-bond donors (Lipinski definition) is 2. The Morgan fingerprint density at radius 1 is 1.23 bits per heavy atom. The van der Waals surface area contributed by atoms with Gasteiger partial charge in [-0.05, 0) is 30.2 Å². The number of amidine groups is 1. The fraction of sp³-hybridized carbons (Fsp3) is 0.238. The van der Waals surface area contributed by atoms with Crippen LogP contribution in [-0.2, 0) is 20.7 Å². The third-order valence-electron chi connectivity index (χ3n) is 4.75. The fourth-order valence-corrected chi connectivity index (χ4v) is 4.49. The molecule has 0 radical (unpaired) electrons. The molecule has 154 valence electrons. The van der Waals surface area contributed by atoms with Crippen molar-refractivity contribution in [1.29, 1.82) is 0 Å². The van der Waals surface area contributed by atoms with Gasteiger partial charge in [-0.2, -0.15) is 0 Å². The molecule has 2 heterocycles. The Balaban J connectivity index is 1.65. The topological polar surface area (TPSA) is 100 Å². The van der Waals surface area contributed by atoms with Gasteiger partial charge in [-0.1, -0.05) is 35.4 Å². The molecule has 1 amide bonds. The SMILES string of the molecule is O=C(O)CC1O/C(=N\N=C2/c3cc(F)ccc3SCC2Cc2ccccc2)NC1=O. The van der Waals surface area contributed by atoms with E-state index in [4.69, 9.17) is 9.84 Å². The predicted molar refractivity (Wildman–Crippen MR) is 110 cm³/mol. The van der Waals surface area contributed by atoms with Gasteiger partial charge < -0.3 is 9.84 Å². The van der Waals surface area contributed by atoms with Gasteiger partial charge in [0.05, 0.1) is 12.1 Å². The van der Waals surface area contributed by atoms with Gasteiger partial charge in [-0.15, -0.1) is 16.9 Å². The highest BCUT2D eigenvalue weighted by molar-refractivity contribution is 7.99. The third-order valence-corrected chi connectivity index (χ3v) is 5.99. The lowest BCUT2D eigenvalue weighted by atomic mass is 9.91. The van der Waals surface area contributed by atoms with Crippen molar-refractivity contribution in [3.8, 4) is 0 Å². The average molecular weight is 427 g/mol. The number of thioether (sulfide) groups is 1. The molecular formula is C21H18FN3O4S. The van der Waals surface area contributed by atoms with Crippen LogP contribution in [-0.4, -0.2) is 40.6 Å². The molecular weight excluding hydrogens is 409 g/mol. The van der Waals surface area contributed by atoms with Crippen LogP contribution in [0.25, 0.3) is 0 Å². The van der Waals surface area contributed by atoms with Gasteiger partial charge in [-0.3, -0.25) is 14.9 Å². The molecule has 7 nitrogen and oxygen atoms in total. The van der Waals surface area contributed by atoms with Crippen molar-refractivity contribution >= 4 is 35.4 Å². The number of benzene rings is 2. The molecule has 2 N–H and O–H groups in total. The van der Waals surface area contributed by atoms with E-state index in [-0.39, 0.29) is 17.8 Å². The lowest BCUT2D eigenvalue weighted by Gasteiger charge is -2.25. The summed E-state index contributed by atoms with van der Waals surface area (Å²) in [6.07, 6.45) is -0.918. The van der Waals surface area contributed by atoms with E-state index in [9.17, 15) is 14.0 Å². The lowest BCUT2D eigenvalue weighted by molar-refractivity contribution is -0.141. The summed E-state index contributed by atoms with van der Waals surface area (Å²) in [5.41, 5.74) is 2.37. The average Bonchev–Trinajstić information content (AvgIpc) is 3.06. The van der Waals surface area contributed by atoms with Crippen molar-refractivity contribution in [1.82, 2.24) is 5.32 Å². The highest BCUT2D eigenvalue weighted by Gasteiger charge is 2.33. The summed E-state index contributed by atoms with van der Waals surface area (Å²) < 4.78 is 19.2. The zero-order valence-electron chi connectivity index (χ0n) is 15.7. The summed E-state index contributed by atoms with van der Waals surface area (Å²) in [4.78, 5) is 23.6. The number of nitrogens with zero attached hydrogens (tertiary/aromatic N) is 2. The van der Waals surface area contributed by atoms with Crippen molar-refractivity contribution in [2.45, 2.75) is 23.8 Å². The van der Waals surface area contributed by atoms with Gasteiger partial charge in [0.25, 0.3) is 5.91 Å². The number of carbonyl (C=O) groups excluding carboxylic acids is 1. The molecule has 1 saturated heterocycles. The van der Waals surface area contributed by atoms with Gasteiger partial charge in [0.2, 0.25) is 0 Å². The predicted octanol–water partition coefficient (Wildman–Crippen LogP) is 2.84. The zero-order valence-corrected chi connectivity index (χ0v) is 16.6. The van der Waals surface area contributed by atoms with Crippen LogP contribution in [0.2, 0.25) is 0 Å². The number of nitrogens with one attached hydrogen (secondary N) is 1. The summed E-state index contributed by atoms with van der Waals surface area (Å²) in [5.74, 6) is -1.39. The largest absolute Gasteiger partial charge is 0.481 e. The Morgan fingerprint density at radius 3 is 2.80 bits per heavy atom. The lowest BCUT2D eigenvalue weighted by Crippen LogP contribution is -2.27. The van der Waals surface area contributed by atoms with E-state index in [2.05, 4.69) is 15.5 Å². The number of carbonyl (C=O) groups is 2. The van der Waals surface area contributed by atoms with E-state index in [1.807, 2.05) is 30.3 Å². The molecule has 30 heavy (non-hydrogen) atoms. The summed E-state index contributed by atoms with van der Waals surface area (Å²) in [6, 6.07) is 14.3.